The van der Waals surface area contributed by atoms with Gasteiger partial charge >= 0.3 is 0 Å². The largest absolute Gasteiger partial charge is 0.369 e. The van der Waals surface area contributed by atoms with Crippen molar-refractivity contribution in [3.8, 4) is 0 Å². The predicted octanol–water partition coefficient (Wildman–Crippen LogP) is 5.73. The molecule has 2 aromatic rings. The van der Waals surface area contributed by atoms with Gasteiger partial charge in [0.15, 0.2) is 0 Å². The van der Waals surface area contributed by atoms with Gasteiger partial charge < -0.3 is 15.5 Å². The average Bonchev–Trinajstić information content (AvgIpc) is 3.56. The molecule has 4 aliphatic rings. The number of carbonyl (C=O) groups is 2. The van der Waals surface area contributed by atoms with Gasteiger partial charge in [-0.25, -0.2) is 16.8 Å². The zero-order chi connectivity index (χ0) is 39.3. The van der Waals surface area contributed by atoms with Crippen molar-refractivity contribution in [1.29, 1.82) is 0 Å². The van der Waals surface area contributed by atoms with Gasteiger partial charge in [0.05, 0.1) is 0 Å². The normalized spacial score (nSPS) is 27.4. The molecular weight excluding hydrogens is 723 g/mol. The molecule has 2 heterocycles. The average molecular weight is 786 g/mol. The minimum absolute atomic E-state index is 0.116. The van der Waals surface area contributed by atoms with E-state index in [9.17, 15) is 26.4 Å². The Labute approximate surface area is 324 Å². The number of fused-ring (bicyclic) bond motifs is 2. The first kappa shape index (κ1) is 42.1. The van der Waals surface area contributed by atoms with Crippen LogP contribution in [0.2, 0.25) is 0 Å². The molecule has 13 heteroatoms. The molecule has 2 saturated heterocycles. The van der Waals surface area contributed by atoms with E-state index in [0.717, 1.165) is 26.2 Å². The fraction of sp³-hybridized carbons (Fsp3) is 0.659. The minimum Gasteiger partial charge on any atom is -0.369 e. The lowest BCUT2D eigenvalue weighted by Crippen LogP contribution is -2.30. The molecule has 1 amide bonds. The van der Waals surface area contributed by atoms with Crippen molar-refractivity contribution >= 4 is 43.1 Å². The zero-order valence-corrected chi connectivity index (χ0v) is 34.6. The van der Waals surface area contributed by atoms with Gasteiger partial charge in [-0.1, -0.05) is 90.5 Å². The third-order valence-electron chi connectivity index (χ3n) is 12.6. The number of sulfonamides is 2. The summed E-state index contributed by atoms with van der Waals surface area (Å²) < 4.78 is 53.0. The van der Waals surface area contributed by atoms with Crippen molar-refractivity contribution in [2.75, 3.05) is 60.2 Å². The summed E-state index contributed by atoms with van der Waals surface area (Å²) >= 11 is 0. The number of hydrogen-bond donors (Lipinski definition) is 3. The Morgan fingerprint density at radius 1 is 0.667 bits per heavy atom. The number of nitrogens with zero attached hydrogens (tertiary/aromatic N) is 2. The lowest BCUT2D eigenvalue weighted by atomic mass is 9.92. The van der Waals surface area contributed by atoms with Gasteiger partial charge in [-0.2, -0.15) is 0 Å². The van der Waals surface area contributed by atoms with Crippen molar-refractivity contribution in [2.45, 2.75) is 96.8 Å². The van der Waals surface area contributed by atoms with Gasteiger partial charge in [0.25, 0.3) is 0 Å². The quantitative estimate of drug-likeness (QED) is 0.144. The summed E-state index contributed by atoms with van der Waals surface area (Å²) in [6.45, 7) is 17.3. The fourth-order valence-electron chi connectivity index (χ4n) is 9.39. The van der Waals surface area contributed by atoms with E-state index >= 15 is 0 Å². The molecule has 4 N–H and O–H groups in total. The van der Waals surface area contributed by atoms with Crippen molar-refractivity contribution in [1.82, 2.24) is 9.80 Å². The summed E-state index contributed by atoms with van der Waals surface area (Å²) in [7, 11) is -7.38. The highest BCUT2D eigenvalue weighted by Gasteiger charge is 2.66. The van der Waals surface area contributed by atoms with E-state index in [4.69, 9.17) is 5.73 Å². The van der Waals surface area contributed by atoms with Gasteiger partial charge in [-0.15, -0.1) is 0 Å². The molecule has 300 valence electrons. The summed E-state index contributed by atoms with van der Waals surface area (Å²) in [6.07, 6.45) is 10.4. The van der Waals surface area contributed by atoms with E-state index < -0.39 is 37.5 Å². The second-order valence-electron chi connectivity index (χ2n) is 16.7. The second-order valence-corrected chi connectivity index (χ2v) is 20.1. The molecule has 2 aromatic carbocycles. The maximum absolute atomic E-state index is 12.0. The van der Waals surface area contributed by atoms with E-state index in [2.05, 4.69) is 59.1 Å². The molecule has 4 fully saturated rings. The number of hydrogen-bond acceptors (Lipinski definition) is 8. The van der Waals surface area contributed by atoms with Crippen LogP contribution >= 0.6 is 0 Å². The Kier molecular flexibility index (Phi) is 13.6. The second kappa shape index (κ2) is 17.4. The number of Topliss-reactive ketones (excluding diaryl/α,β-unsaturated/α-hetero) is 1. The van der Waals surface area contributed by atoms with E-state index in [1.165, 1.54) is 82.5 Å². The molecule has 2 aliphatic heterocycles. The van der Waals surface area contributed by atoms with Crippen LogP contribution in [0.15, 0.2) is 48.5 Å². The summed E-state index contributed by atoms with van der Waals surface area (Å²) in [5, 5.41) is 0. The third-order valence-corrected chi connectivity index (χ3v) is 15.1. The Morgan fingerprint density at radius 3 is 1.41 bits per heavy atom. The number of nitrogens with two attached hydrogens (primary N) is 1. The molecule has 0 radical (unpaired) electrons. The number of anilines is 2. The smallest absolute Gasteiger partial charge is 0.241 e. The molecule has 0 spiro atoms. The highest BCUT2D eigenvalue weighted by Crippen LogP contribution is 2.64. The Balaban J connectivity index is 0.000000208. The number of unbranched alkanes of at least 4 members (excludes halogenated alkanes) is 6. The lowest BCUT2D eigenvalue weighted by molar-refractivity contribution is -0.116. The molecule has 0 aromatic heterocycles. The van der Waals surface area contributed by atoms with Crippen molar-refractivity contribution < 1.29 is 26.4 Å². The number of rotatable bonds is 20. The molecule has 4 unspecified atom stereocenters. The predicted molar refractivity (Wildman–Crippen MR) is 217 cm³/mol. The number of benzene rings is 2. The highest BCUT2D eigenvalue weighted by atomic mass is 32.2. The van der Waals surface area contributed by atoms with Crippen LogP contribution in [0.3, 0.4) is 0 Å². The number of primary amides is 1. The first-order valence-electron chi connectivity index (χ1n) is 20.0. The molecule has 2 saturated carbocycles. The number of piperidine rings is 2. The van der Waals surface area contributed by atoms with Crippen LogP contribution in [0.1, 0.15) is 97.1 Å². The summed E-state index contributed by atoms with van der Waals surface area (Å²) in [5.74, 6) is 0.199. The van der Waals surface area contributed by atoms with Gasteiger partial charge in [0.2, 0.25) is 26.0 Å². The van der Waals surface area contributed by atoms with Gasteiger partial charge in [-0.3, -0.25) is 19.0 Å². The number of likely N-dealkylation sites (tertiary alicyclic amines) is 2. The standard InChI is InChI=1S/C21H32N2O3S.C20H31N3O3S/c1-4-5-6-7-11-23-13-19-20(14-23)21(19,3)17-9-8-10-18(12-17)22-27(25,26)15-16(2)24;1-3-4-5-6-10-23-12-17-18(13-23)20(17,2)15-8-7-9-16(11-15)22-27(25,26)14-19(21)24/h8-10,12,19-20,22H,4-7,11,13-15H2,1-3H3;7-9,11,17-18,22H,3-6,10,12-14H2,1-2H3,(H2,21,24). The SMILES string of the molecule is CCCCCCN1CC2C(C1)C2(C)c1cccc(NS(=O)(=O)CC(C)=O)c1.CCCCCCN1CC2C(C1)C2(C)c1cccc(NS(=O)(=O)CC(N)=O)c1. The summed E-state index contributed by atoms with van der Waals surface area (Å²) in [5.41, 5.74) is 8.68. The third kappa shape index (κ3) is 10.2. The molecule has 11 nitrogen and oxygen atoms in total. The topological polar surface area (TPSA) is 159 Å². The Bertz CT molecular complexity index is 1690. The van der Waals surface area contributed by atoms with Gasteiger partial charge in [-0.05, 0) is 91.9 Å². The number of carbonyl (C=O) groups excluding carboxylic acids is 2. The van der Waals surface area contributed by atoms with Crippen LogP contribution in [0.25, 0.3) is 0 Å². The van der Waals surface area contributed by atoms with Crippen molar-refractivity contribution in [3.63, 3.8) is 0 Å². The fourth-order valence-corrected chi connectivity index (χ4v) is 11.4. The molecule has 4 atom stereocenters. The van der Waals surface area contributed by atoms with E-state index in [1.807, 2.05) is 24.3 Å². The molecule has 54 heavy (non-hydrogen) atoms. The van der Waals surface area contributed by atoms with Crippen LogP contribution in [0, 0.1) is 23.7 Å². The molecule has 2 aliphatic carbocycles. The van der Waals surface area contributed by atoms with E-state index in [-0.39, 0.29) is 16.6 Å². The van der Waals surface area contributed by atoms with Crippen LogP contribution in [-0.2, 0) is 40.5 Å². The highest BCUT2D eigenvalue weighted by molar-refractivity contribution is 7.93. The van der Waals surface area contributed by atoms with Crippen LogP contribution in [0.4, 0.5) is 11.4 Å². The molecular formula is C41H63N5O6S2. The van der Waals surface area contributed by atoms with Crippen LogP contribution < -0.4 is 15.2 Å². The first-order chi connectivity index (χ1) is 25.5. The van der Waals surface area contributed by atoms with Crippen molar-refractivity contribution in [3.05, 3.63) is 59.7 Å². The van der Waals surface area contributed by atoms with E-state index in [1.54, 1.807) is 12.1 Å². The van der Waals surface area contributed by atoms with Crippen molar-refractivity contribution in [2.24, 2.45) is 29.4 Å². The number of amides is 1. The Hall–Kier alpha value is -3.00. The monoisotopic (exact) mass is 785 g/mol. The maximum Gasteiger partial charge on any atom is 0.241 e. The van der Waals surface area contributed by atoms with Crippen LogP contribution in [0.5, 0.6) is 0 Å². The zero-order valence-electron chi connectivity index (χ0n) is 33.0. The minimum atomic E-state index is -3.75. The number of nitrogens with one attached hydrogen (secondary N) is 2. The lowest BCUT2D eigenvalue weighted by Gasteiger charge is -2.24. The summed E-state index contributed by atoms with van der Waals surface area (Å²) in [4.78, 5) is 27.2. The summed E-state index contributed by atoms with van der Waals surface area (Å²) in [6, 6.07) is 15.3. The number of ketones is 1. The van der Waals surface area contributed by atoms with Gasteiger partial charge in [0.1, 0.15) is 17.3 Å². The Morgan fingerprint density at radius 2 is 1.06 bits per heavy atom. The first-order valence-corrected chi connectivity index (χ1v) is 23.3. The van der Waals surface area contributed by atoms with Gasteiger partial charge in [0, 0.05) is 48.4 Å². The molecule has 0 bridgehead atoms. The van der Waals surface area contributed by atoms with Crippen LogP contribution in [-0.4, -0.2) is 89.1 Å². The van der Waals surface area contributed by atoms with E-state index in [0.29, 0.717) is 35.0 Å². The maximum atomic E-state index is 12.0. The molecule has 6 rings (SSSR count).